The van der Waals surface area contributed by atoms with Crippen LogP contribution in [0.3, 0.4) is 0 Å². The lowest BCUT2D eigenvalue weighted by Gasteiger charge is -2.10. The van der Waals surface area contributed by atoms with Gasteiger partial charge in [-0.15, -0.1) is 0 Å². The molecular weight excluding hydrogens is 418 g/mol. The molecule has 0 aliphatic heterocycles. The highest BCUT2D eigenvalue weighted by atomic mass is 16.5. The van der Waals surface area contributed by atoms with Crippen LogP contribution in [0.25, 0.3) is 22.2 Å². The molecule has 1 amide bonds. The largest absolute Gasteiger partial charge is 0.504 e. The van der Waals surface area contributed by atoms with E-state index in [1.54, 1.807) is 31.4 Å². The van der Waals surface area contributed by atoms with Gasteiger partial charge in [-0.05, 0) is 55.5 Å². The molecule has 0 aliphatic carbocycles. The number of aromatic hydroxyl groups is 1. The number of hydrogen-bond acceptors (Lipinski definition) is 6. The second kappa shape index (κ2) is 9.82. The summed E-state index contributed by atoms with van der Waals surface area (Å²) in [5.41, 5.74) is 5.63. The first kappa shape index (κ1) is 21.8. The molecule has 33 heavy (non-hydrogen) atoms. The smallest absolute Gasteiger partial charge is 0.272 e. The minimum absolute atomic E-state index is 0.0338. The number of pyridine rings is 1. The van der Waals surface area contributed by atoms with E-state index in [1.165, 1.54) is 6.21 Å². The van der Waals surface area contributed by atoms with E-state index in [0.29, 0.717) is 40.1 Å². The molecule has 0 radical (unpaired) electrons. The molecule has 1 aromatic heterocycles. The molecular formula is C26H23N3O4. The normalized spacial score (nSPS) is 11.0. The van der Waals surface area contributed by atoms with Crippen molar-refractivity contribution >= 4 is 23.0 Å². The van der Waals surface area contributed by atoms with Gasteiger partial charge in [-0.3, -0.25) is 4.79 Å². The van der Waals surface area contributed by atoms with Crippen LogP contribution in [0.2, 0.25) is 0 Å². The van der Waals surface area contributed by atoms with Crippen molar-refractivity contribution in [1.29, 1.82) is 0 Å². The van der Waals surface area contributed by atoms with Gasteiger partial charge in [0.05, 0.1) is 36.7 Å². The van der Waals surface area contributed by atoms with E-state index in [2.05, 4.69) is 10.5 Å². The molecule has 4 rings (SSSR count). The quantitative estimate of drug-likeness (QED) is 0.318. The Bertz CT molecular complexity index is 1320. The van der Waals surface area contributed by atoms with Gasteiger partial charge >= 0.3 is 0 Å². The second-order valence-electron chi connectivity index (χ2n) is 7.13. The van der Waals surface area contributed by atoms with Crippen LogP contribution >= 0.6 is 0 Å². The summed E-state index contributed by atoms with van der Waals surface area (Å²) in [5, 5.41) is 15.0. The van der Waals surface area contributed by atoms with Gasteiger partial charge in [0.2, 0.25) is 0 Å². The lowest BCUT2D eigenvalue weighted by molar-refractivity contribution is 0.0956. The highest BCUT2D eigenvalue weighted by Crippen LogP contribution is 2.29. The third-order valence-electron chi connectivity index (χ3n) is 5.05. The fraction of sp³-hybridized carbons (Fsp3) is 0.115. The molecule has 0 aliphatic rings. The van der Waals surface area contributed by atoms with E-state index in [9.17, 15) is 9.90 Å². The van der Waals surface area contributed by atoms with E-state index in [0.717, 1.165) is 11.3 Å². The summed E-state index contributed by atoms with van der Waals surface area (Å²) in [5.74, 6) is 0.675. The maximum Gasteiger partial charge on any atom is 0.272 e. The number of aromatic nitrogens is 1. The molecule has 0 atom stereocenters. The first-order chi connectivity index (χ1) is 16.1. The average Bonchev–Trinajstić information content (AvgIpc) is 2.85. The molecule has 1 heterocycles. The maximum atomic E-state index is 13.0. The van der Waals surface area contributed by atoms with Crippen molar-refractivity contribution in [1.82, 2.24) is 10.4 Å². The topological polar surface area (TPSA) is 93.0 Å². The molecule has 0 saturated heterocycles. The van der Waals surface area contributed by atoms with Crippen molar-refractivity contribution in [3.63, 3.8) is 0 Å². The summed E-state index contributed by atoms with van der Waals surface area (Å²) in [6, 6.07) is 21.7. The Kier molecular flexibility index (Phi) is 6.50. The molecule has 0 saturated carbocycles. The summed E-state index contributed by atoms with van der Waals surface area (Å²) in [6.45, 7) is 2.26. The van der Waals surface area contributed by atoms with Crippen molar-refractivity contribution in [3.8, 4) is 28.5 Å². The molecule has 4 aromatic rings. The van der Waals surface area contributed by atoms with Crippen LogP contribution in [0.5, 0.6) is 17.2 Å². The molecule has 0 unspecified atom stereocenters. The monoisotopic (exact) mass is 441 g/mol. The Morgan fingerprint density at radius 2 is 1.88 bits per heavy atom. The summed E-state index contributed by atoms with van der Waals surface area (Å²) >= 11 is 0. The Labute approximate surface area is 191 Å². The molecule has 3 aromatic carbocycles. The molecule has 7 nitrogen and oxygen atoms in total. The van der Waals surface area contributed by atoms with Gasteiger partial charge in [0.25, 0.3) is 5.91 Å². The van der Waals surface area contributed by atoms with Crippen LogP contribution in [0, 0.1) is 0 Å². The Hall–Kier alpha value is -4.39. The van der Waals surface area contributed by atoms with Gasteiger partial charge in [-0.25, -0.2) is 10.4 Å². The summed E-state index contributed by atoms with van der Waals surface area (Å²) in [6.07, 6.45) is 1.38. The number of carbonyl (C=O) groups is 1. The number of hydrogen-bond donors (Lipinski definition) is 2. The van der Waals surface area contributed by atoms with E-state index in [1.807, 2.05) is 55.5 Å². The summed E-state index contributed by atoms with van der Waals surface area (Å²) in [7, 11) is 1.61. The zero-order valence-electron chi connectivity index (χ0n) is 18.3. The number of amides is 1. The van der Waals surface area contributed by atoms with Crippen LogP contribution in [-0.2, 0) is 0 Å². The number of hydrazone groups is 1. The third kappa shape index (κ3) is 4.77. The number of phenols is 1. The van der Waals surface area contributed by atoms with Gasteiger partial charge in [-0.2, -0.15) is 5.10 Å². The Morgan fingerprint density at radius 3 is 2.64 bits per heavy atom. The molecule has 7 heteroatoms. The SMILES string of the molecule is CCOc1cccc(/C=N/NC(=O)c2cc(-c3ccc(OC)cc3)nc3ccccc23)c1O. The van der Waals surface area contributed by atoms with E-state index in [4.69, 9.17) is 14.5 Å². The number of nitrogens with zero attached hydrogens (tertiary/aromatic N) is 2. The number of fused-ring (bicyclic) bond motifs is 1. The van der Waals surface area contributed by atoms with Crippen LogP contribution in [-0.4, -0.2) is 35.9 Å². The maximum absolute atomic E-state index is 13.0. The standard InChI is InChI=1S/C26H23N3O4/c1-3-33-24-10-6-7-18(25(24)30)16-27-29-26(31)21-15-23(17-11-13-19(32-2)14-12-17)28-22-9-5-4-8-20(21)22/h4-16,30H,3H2,1-2H3,(H,29,31)/b27-16+. The number of rotatable bonds is 7. The van der Waals surface area contributed by atoms with Crippen LogP contribution in [0.1, 0.15) is 22.8 Å². The fourth-order valence-electron chi connectivity index (χ4n) is 3.41. The predicted molar refractivity (Wildman–Crippen MR) is 128 cm³/mol. The number of phenolic OH excluding ortho intramolecular Hbond substituents is 1. The highest BCUT2D eigenvalue weighted by molar-refractivity contribution is 6.07. The van der Waals surface area contributed by atoms with Crippen LogP contribution < -0.4 is 14.9 Å². The predicted octanol–water partition coefficient (Wildman–Crippen LogP) is 4.78. The van der Waals surface area contributed by atoms with Gasteiger partial charge in [-0.1, -0.05) is 24.3 Å². The number of ether oxygens (including phenoxy) is 2. The minimum atomic E-state index is -0.389. The highest BCUT2D eigenvalue weighted by Gasteiger charge is 2.14. The Balaban J connectivity index is 1.64. The zero-order chi connectivity index (χ0) is 23.2. The molecule has 2 N–H and O–H groups in total. The van der Waals surface area contributed by atoms with Gasteiger partial charge in [0.1, 0.15) is 5.75 Å². The zero-order valence-corrected chi connectivity index (χ0v) is 18.3. The number of carbonyl (C=O) groups excluding carboxylic acids is 1. The number of benzene rings is 3. The van der Waals surface area contributed by atoms with Crippen molar-refractivity contribution in [2.45, 2.75) is 6.92 Å². The van der Waals surface area contributed by atoms with Gasteiger partial charge in [0.15, 0.2) is 11.5 Å². The van der Waals surface area contributed by atoms with Gasteiger partial charge in [0, 0.05) is 16.5 Å². The van der Waals surface area contributed by atoms with Crippen molar-refractivity contribution < 1.29 is 19.4 Å². The summed E-state index contributed by atoms with van der Waals surface area (Å²) in [4.78, 5) is 17.7. The lowest BCUT2D eigenvalue weighted by atomic mass is 10.0. The van der Waals surface area contributed by atoms with Gasteiger partial charge < -0.3 is 14.6 Å². The first-order valence-corrected chi connectivity index (χ1v) is 10.4. The number of methoxy groups -OCH3 is 1. The summed E-state index contributed by atoms with van der Waals surface area (Å²) < 4.78 is 10.6. The van der Waals surface area contributed by atoms with Crippen molar-refractivity contribution in [2.75, 3.05) is 13.7 Å². The van der Waals surface area contributed by atoms with Crippen LogP contribution in [0.15, 0.2) is 77.9 Å². The van der Waals surface area contributed by atoms with Crippen molar-refractivity contribution in [2.24, 2.45) is 5.10 Å². The Morgan fingerprint density at radius 1 is 1.09 bits per heavy atom. The average molecular weight is 441 g/mol. The second-order valence-corrected chi connectivity index (χ2v) is 7.13. The minimum Gasteiger partial charge on any atom is -0.504 e. The molecule has 166 valence electrons. The molecule has 0 spiro atoms. The van der Waals surface area contributed by atoms with Crippen LogP contribution in [0.4, 0.5) is 0 Å². The van der Waals surface area contributed by atoms with Crippen molar-refractivity contribution in [3.05, 3.63) is 83.9 Å². The van der Waals surface area contributed by atoms with E-state index < -0.39 is 0 Å². The molecule has 0 bridgehead atoms. The number of nitrogens with one attached hydrogen (secondary N) is 1. The third-order valence-corrected chi connectivity index (χ3v) is 5.05. The number of para-hydroxylation sites is 2. The lowest BCUT2D eigenvalue weighted by Crippen LogP contribution is -2.18. The first-order valence-electron chi connectivity index (χ1n) is 10.4. The fourth-order valence-corrected chi connectivity index (χ4v) is 3.41. The molecule has 0 fully saturated rings. The van der Waals surface area contributed by atoms with E-state index in [-0.39, 0.29) is 11.7 Å². The van der Waals surface area contributed by atoms with E-state index >= 15 is 0 Å².